The van der Waals surface area contributed by atoms with Crippen LogP contribution >= 0.6 is 30.6 Å². The minimum absolute atomic E-state index is 0.609. The number of aromatic nitrogens is 1. The van der Waals surface area contributed by atoms with Crippen LogP contribution in [0.5, 0.6) is 0 Å². The molecule has 5 heteroatoms. The molecular formula is C28H22ClNOPS+. The number of oxazole rings is 1. The third-order valence-electron chi connectivity index (χ3n) is 5.60. The fourth-order valence-corrected chi connectivity index (χ4v) is 9.38. The summed E-state index contributed by atoms with van der Waals surface area (Å²) in [5.41, 5.74) is 1.90. The number of rotatable bonds is 6. The fourth-order valence-electron chi connectivity index (χ4n) is 4.13. The van der Waals surface area contributed by atoms with Gasteiger partial charge in [0, 0.05) is 10.6 Å². The second-order valence-electron chi connectivity index (χ2n) is 7.52. The van der Waals surface area contributed by atoms with Crippen molar-refractivity contribution in [2.75, 3.05) is 6.26 Å². The Morgan fingerprint density at radius 2 is 1.12 bits per heavy atom. The zero-order chi connectivity index (χ0) is 22.7. The smallest absolute Gasteiger partial charge is 0.251 e. The molecule has 0 bridgehead atoms. The van der Waals surface area contributed by atoms with Crippen LogP contribution in [0.1, 0.15) is 0 Å². The van der Waals surface area contributed by atoms with Gasteiger partial charge in [0.2, 0.25) is 11.0 Å². The van der Waals surface area contributed by atoms with E-state index in [-0.39, 0.29) is 0 Å². The molecule has 0 saturated heterocycles. The first-order valence-electron chi connectivity index (χ1n) is 10.6. The van der Waals surface area contributed by atoms with Crippen molar-refractivity contribution in [3.05, 3.63) is 120 Å². The maximum atomic E-state index is 6.40. The first-order valence-corrected chi connectivity index (χ1v) is 14.0. The van der Waals surface area contributed by atoms with Gasteiger partial charge in [-0.15, -0.1) is 0 Å². The Balaban J connectivity index is 1.87. The predicted octanol–water partition coefficient (Wildman–Crippen LogP) is 6.34. The van der Waals surface area contributed by atoms with Gasteiger partial charge in [-0.3, -0.25) is 0 Å². The number of hydrogen-bond donors (Lipinski definition) is 0. The van der Waals surface area contributed by atoms with Crippen molar-refractivity contribution in [1.29, 1.82) is 0 Å². The minimum atomic E-state index is -2.32. The van der Waals surface area contributed by atoms with Gasteiger partial charge >= 0.3 is 0 Å². The highest BCUT2D eigenvalue weighted by atomic mass is 35.5. The van der Waals surface area contributed by atoms with E-state index >= 15 is 0 Å². The van der Waals surface area contributed by atoms with Gasteiger partial charge in [-0.05, 0) is 66.9 Å². The van der Waals surface area contributed by atoms with Gasteiger partial charge < -0.3 is 4.42 Å². The summed E-state index contributed by atoms with van der Waals surface area (Å²) < 4.78 is 6.40. The Bertz CT molecular complexity index is 1240. The quantitative estimate of drug-likeness (QED) is 0.207. The second kappa shape index (κ2) is 9.57. The number of nitrogens with zero attached hydrogens (tertiary/aromatic N) is 1. The summed E-state index contributed by atoms with van der Waals surface area (Å²) in [6.45, 7) is 0. The van der Waals surface area contributed by atoms with E-state index in [1.807, 2.05) is 30.5 Å². The number of halogens is 1. The van der Waals surface area contributed by atoms with E-state index in [0.717, 1.165) is 16.1 Å². The summed E-state index contributed by atoms with van der Waals surface area (Å²) in [4.78, 5) is 5.20. The van der Waals surface area contributed by atoms with Crippen molar-refractivity contribution in [2.24, 2.45) is 0 Å². The highest BCUT2D eigenvalue weighted by Gasteiger charge is 2.52. The number of hydrogen-bond acceptors (Lipinski definition) is 3. The lowest BCUT2D eigenvalue weighted by Gasteiger charge is -2.25. The zero-order valence-corrected chi connectivity index (χ0v) is 20.5. The first kappa shape index (κ1) is 22.0. The van der Waals surface area contributed by atoms with Gasteiger partial charge in [0.25, 0.3) is 5.44 Å². The van der Waals surface area contributed by atoms with Crippen LogP contribution in [0.4, 0.5) is 0 Å². The third kappa shape index (κ3) is 4.02. The average Bonchev–Trinajstić information content (AvgIpc) is 3.32. The molecule has 4 aromatic carbocycles. The third-order valence-corrected chi connectivity index (χ3v) is 10.8. The Labute approximate surface area is 204 Å². The molecule has 1 aromatic heterocycles. The molecule has 0 fully saturated rings. The summed E-state index contributed by atoms with van der Waals surface area (Å²) in [7, 11) is -2.32. The molecule has 0 N–H and O–H groups in total. The highest BCUT2D eigenvalue weighted by molar-refractivity contribution is 8.04. The highest BCUT2D eigenvalue weighted by Crippen LogP contribution is 2.55. The van der Waals surface area contributed by atoms with Crippen molar-refractivity contribution in [3.8, 4) is 11.5 Å². The van der Waals surface area contributed by atoms with E-state index in [4.69, 9.17) is 21.0 Å². The lowest BCUT2D eigenvalue weighted by molar-refractivity contribution is 0.488. The lowest BCUT2D eigenvalue weighted by atomic mass is 10.2. The molecule has 0 aliphatic heterocycles. The molecule has 33 heavy (non-hydrogen) atoms. The molecule has 0 radical (unpaired) electrons. The molecule has 1 heterocycles. The molecule has 0 aliphatic rings. The zero-order valence-electron chi connectivity index (χ0n) is 18.1. The van der Waals surface area contributed by atoms with Crippen molar-refractivity contribution in [1.82, 2.24) is 4.98 Å². The van der Waals surface area contributed by atoms with E-state index in [2.05, 4.69) is 91.0 Å². The molecule has 2 nitrogen and oxygen atoms in total. The molecule has 5 rings (SSSR count). The predicted molar refractivity (Wildman–Crippen MR) is 144 cm³/mol. The van der Waals surface area contributed by atoms with Crippen molar-refractivity contribution in [3.63, 3.8) is 0 Å². The van der Waals surface area contributed by atoms with Crippen molar-refractivity contribution >= 4 is 52.0 Å². The van der Waals surface area contributed by atoms with Gasteiger partial charge in [-0.1, -0.05) is 78.0 Å². The summed E-state index contributed by atoms with van der Waals surface area (Å²) in [5.74, 6) is 0.609. The van der Waals surface area contributed by atoms with E-state index in [1.54, 1.807) is 11.8 Å². The largest absolute Gasteiger partial charge is 0.425 e. The van der Waals surface area contributed by atoms with E-state index in [0.29, 0.717) is 10.9 Å². The van der Waals surface area contributed by atoms with Gasteiger partial charge in [-0.2, -0.15) is 4.98 Å². The van der Waals surface area contributed by atoms with Crippen LogP contribution < -0.4 is 21.3 Å². The Morgan fingerprint density at radius 3 is 1.55 bits per heavy atom. The molecule has 0 atom stereocenters. The monoisotopic (exact) mass is 486 g/mol. The maximum absolute atomic E-state index is 6.40. The summed E-state index contributed by atoms with van der Waals surface area (Å²) in [6.07, 6.45) is 2.05. The van der Waals surface area contributed by atoms with Crippen LogP contribution in [-0.4, -0.2) is 11.2 Å². The molecule has 162 valence electrons. The number of benzene rings is 4. The Morgan fingerprint density at radius 1 is 0.667 bits per heavy atom. The summed E-state index contributed by atoms with van der Waals surface area (Å²) >= 11 is 7.72. The van der Waals surface area contributed by atoms with Gasteiger partial charge in [0.05, 0.1) is 0 Å². The van der Waals surface area contributed by atoms with Crippen LogP contribution in [0.25, 0.3) is 11.5 Å². The molecule has 0 aliphatic carbocycles. The van der Waals surface area contributed by atoms with Crippen LogP contribution in [0.3, 0.4) is 0 Å². The standard InChI is InChI=1S/C28H22ClNOPS/c1-33-28-27(30-26(31-28)21-17-19-22(29)20-18-21)32(23-11-5-2-6-12-23,24-13-7-3-8-14-24)25-15-9-4-10-16-25/h2-20H,1H3/q+1. The summed E-state index contributed by atoms with van der Waals surface area (Å²) in [6, 6.07) is 39.8. The Kier molecular flexibility index (Phi) is 6.37. The van der Waals surface area contributed by atoms with Gasteiger partial charge in [-0.25, -0.2) is 0 Å². The maximum Gasteiger partial charge on any atom is 0.251 e. The van der Waals surface area contributed by atoms with Crippen molar-refractivity contribution in [2.45, 2.75) is 5.09 Å². The first-order chi connectivity index (χ1) is 16.2. The second-order valence-corrected chi connectivity index (χ2v) is 12.0. The molecule has 5 aromatic rings. The summed E-state index contributed by atoms with van der Waals surface area (Å²) in [5, 5.41) is 5.26. The Hall–Kier alpha value is -2.84. The topological polar surface area (TPSA) is 26.0 Å². The molecule has 0 saturated carbocycles. The van der Waals surface area contributed by atoms with E-state index in [1.165, 1.54) is 15.9 Å². The minimum Gasteiger partial charge on any atom is -0.425 e. The molecular weight excluding hydrogens is 465 g/mol. The van der Waals surface area contributed by atoms with Gasteiger partial charge in [0.15, 0.2) is 7.26 Å². The van der Waals surface area contributed by atoms with Crippen LogP contribution in [0.15, 0.2) is 125 Å². The lowest BCUT2D eigenvalue weighted by Crippen LogP contribution is -2.39. The molecule has 0 amide bonds. The van der Waals surface area contributed by atoms with Gasteiger partial charge in [0.1, 0.15) is 15.9 Å². The van der Waals surface area contributed by atoms with E-state index in [9.17, 15) is 0 Å². The fraction of sp³-hybridized carbons (Fsp3) is 0.0357. The molecule has 0 unspecified atom stereocenters. The normalized spacial score (nSPS) is 11.5. The average molecular weight is 487 g/mol. The number of thioether (sulfide) groups is 1. The molecule has 0 spiro atoms. The van der Waals surface area contributed by atoms with Crippen LogP contribution in [0.2, 0.25) is 5.02 Å². The van der Waals surface area contributed by atoms with Crippen LogP contribution in [-0.2, 0) is 0 Å². The van der Waals surface area contributed by atoms with Crippen LogP contribution in [0, 0.1) is 0 Å². The SMILES string of the molecule is CSc1oc(-c2ccc(Cl)cc2)nc1[P+](c1ccccc1)(c1ccccc1)c1ccccc1. The van der Waals surface area contributed by atoms with Crippen molar-refractivity contribution < 1.29 is 4.42 Å². The van der Waals surface area contributed by atoms with E-state index < -0.39 is 7.26 Å².